The van der Waals surface area contributed by atoms with Crippen molar-refractivity contribution < 1.29 is 9.53 Å². The van der Waals surface area contributed by atoms with Crippen LogP contribution in [0.1, 0.15) is 19.4 Å². The van der Waals surface area contributed by atoms with E-state index in [1.54, 1.807) is 6.92 Å². The molecule has 0 spiro atoms. The van der Waals surface area contributed by atoms with Crippen molar-refractivity contribution in [2.24, 2.45) is 0 Å². The van der Waals surface area contributed by atoms with Gasteiger partial charge in [0.2, 0.25) is 0 Å². The van der Waals surface area contributed by atoms with Crippen molar-refractivity contribution in [1.29, 1.82) is 0 Å². The molecule has 2 aromatic carbocycles. The number of aryl methyl sites for hydroxylation is 1. The number of hydrogen-bond donors (Lipinski definition) is 0. The Kier molecular flexibility index (Phi) is 5.80. The van der Waals surface area contributed by atoms with E-state index in [0.717, 1.165) is 6.42 Å². The van der Waals surface area contributed by atoms with Crippen molar-refractivity contribution in [2.45, 2.75) is 20.3 Å². The van der Waals surface area contributed by atoms with Crippen LogP contribution in [0.5, 0.6) is 0 Å². The summed E-state index contributed by atoms with van der Waals surface area (Å²) >= 11 is 0. The fourth-order valence-electron chi connectivity index (χ4n) is 1.67. The SMILES string of the molecule is CCOC=O.CCc1cccc2ccccc12. The summed E-state index contributed by atoms with van der Waals surface area (Å²) in [6.45, 7) is 4.86. The van der Waals surface area contributed by atoms with E-state index in [4.69, 9.17) is 0 Å². The molecular weight excluding hydrogens is 212 g/mol. The van der Waals surface area contributed by atoms with Crippen molar-refractivity contribution in [2.75, 3.05) is 6.61 Å². The van der Waals surface area contributed by atoms with Gasteiger partial charge in [-0.15, -0.1) is 0 Å². The third-order valence-corrected chi connectivity index (χ3v) is 2.50. The minimum atomic E-state index is 0.431. The minimum absolute atomic E-state index is 0.431. The molecule has 0 aliphatic rings. The minimum Gasteiger partial charge on any atom is -0.468 e. The summed E-state index contributed by atoms with van der Waals surface area (Å²) in [5.41, 5.74) is 1.44. The van der Waals surface area contributed by atoms with Crippen LogP contribution in [-0.2, 0) is 16.0 Å². The molecule has 90 valence electrons. The number of carbonyl (C=O) groups excluding carboxylic acids is 1. The predicted octanol–water partition coefficient (Wildman–Crippen LogP) is 3.58. The zero-order chi connectivity index (χ0) is 12.5. The molecule has 2 aromatic rings. The molecule has 0 saturated carbocycles. The number of ether oxygens (including phenoxy) is 1. The Balaban J connectivity index is 0.000000249. The monoisotopic (exact) mass is 230 g/mol. The Morgan fingerprint density at radius 1 is 1.06 bits per heavy atom. The summed E-state index contributed by atoms with van der Waals surface area (Å²) in [4.78, 5) is 9.18. The molecule has 0 aliphatic carbocycles. The van der Waals surface area contributed by atoms with Crippen LogP contribution in [0.3, 0.4) is 0 Å². The molecule has 2 rings (SSSR count). The molecule has 17 heavy (non-hydrogen) atoms. The molecule has 0 aromatic heterocycles. The summed E-state index contributed by atoms with van der Waals surface area (Å²) in [6, 6.07) is 15.0. The van der Waals surface area contributed by atoms with E-state index in [1.807, 2.05) is 0 Å². The molecule has 0 aliphatic heterocycles. The zero-order valence-electron chi connectivity index (χ0n) is 10.3. The highest BCUT2D eigenvalue weighted by atomic mass is 16.5. The number of fused-ring (bicyclic) bond motifs is 1. The highest BCUT2D eigenvalue weighted by Gasteiger charge is 1.95. The van der Waals surface area contributed by atoms with Gasteiger partial charge in [0.25, 0.3) is 6.47 Å². The van der Waals surface area contributed by atoms with Crippen molar-refractivity contribution in [1.82, 2.24) is 0 Å². The Morgan fingerprint density at radius 3 is 2.35 bits per heavy atom. The van der Waals surface area contributed by atoms with E-state index in [9.17, 15) is 4.79 Å². The maximum atomic E-state index is 9.18. The number of rotatable bonds is 3. The van der Waals surface area contributed by atoms with Gasteiger partial charge in [0.15, 0.2) is 0 Å². The van der Waals surface area contributed by atoms with Crippen LogP contribution in [0.2, 0.25) is 0 Å². The zero-order valence-corrected chi connectivity index (χ0v) is 10.3. The Hall–Kier alpha value is -1.83. The van der Waals surface area contributed by atoms with Crippen LogP contribution in [-0.4, -0.2) is 13.1 Å². The maximum absolute atomic E-state index is 9.18. The molecule has 0 atom stereocenters. The Bertz CT molecular complexity index is 458. The second-order valence-electron chi connectivity index (χ2n) is 3.54. The van der Waals surface area contributed by atoms with Gasteiger partial charge in [0, 0.05) is 0 Å². The molecule has 0 amide bonds. The van der Waals surface area contributed by atoms with Crippen LogP contribution in [0, 0.1) is 0 Å². The highest BCUT2D eigenvalue weighted by Crippen LogP contribution is 2.18. The smallest absolute Gasteiger partial charge is 0.293 e. The van der Waals surface area contributed by atoms with E-state index < -0.39 is 0 Å². The predicted molar refractivity (Wildman–Crippen MR) is 71.0 cm³/mol. The summed E-state index contributed by atoms with van der Waals surface area (Å²) < 4.78 is 4.15. The third-order valence-electron chi connectivity index (χ3n) is 2.50. The van der Waals surface area contributed by atoms with Crippen LogP contribution in [0.4, 0.5) is 0 Å². The lowest BCUT2D eigenvalue weighted by Gasteiger charge is -2.02. The molecule has 0 unspecified atom stereocenters. The van der Waals surface area contributed by atoms with Gasteiger partial charge >= 0.3 is 0 Å². The van der Waals surface area contributed by atoms with Crippen molar-refractivity contribution in [3.8, 4) is 0 Å². The largest absolute Gasteiger partial charge is 0.468 e. The molecule has 2 nitrogen and oxygen atoms in total. The molecule has 0 fully saturated rings. The highest BCUT2D eigenvalue weighted by molar-refractivity contribution is 5.85. The van der Waals surface area contributed by atoms with E-state index in [0.29, 0.717) is 13.1 Å². The van der Waals surface area contributed by atoms with Gasteiger partial charge in [-0.2, -0.15) is 0 Å². The summed E-state index contributed by atoms with van der Waals surface area (Å²) in [5.74, 6) is 0. The molecule has 0 N–H and O–H groups in total. The van der Waals surface area contributed by atoms with E-state index in [-0.39, 0.29) is 0 Å². The summed E-state index contributed by atoms with van der Waals surface area (Å²) in [5, 5.41) is 2.74. The standard InChI is InChI=1S/C12H12.C3H6O2/c1-2-10-7-5-8-11-6-3-4-9-12(10)11;1-2-5-3-4/h3-9H,2H2,1H3;3H,2H2,1H3. The average Bonchev–Trinajstić information content (AvgIpc) is 2.40. The average molecular weight is 230 g/mol. The van der Waals surface area contributed by atoms with Gasteiger partial charge in [0.05, 0.1) is 6.61 Å². The lowest BCUT2D eigenvalue weighted by molar-refractivity contribution is -0.128. The van der Waals surface area contributed by atoms with Crippen LogP contribution < -0.4 is 0 Å². The fourth-order valence-corrected chi connectivity index (χ4v) is 1.67. The Labute approximate surface area is 102 Å². The number of benzene rings is 2. The molecule has 2 heteroatoms. The Morgan fingerprint density at radius 2 is 1.76 bits per heavy atom. The van der Waals surface area contributed by atoms with E-state index in [1.165, 1.54) is 16.3 Å². The molecule has 0 saturated heterocycles. The quantitative estimate of drug-likeness (QED) is 0.753. The molecule has 0 heterocycles. The summed E-state index contributed by atoms with van der Waals surface area (Å²) in [7, 11) is 0. The molecule has 0 bridgehead atoms. The lowest BCUT2D eigenvalue weighted by Crippen LogP contribution is -1.81. The lowest BCUT2D eigenvalue weighted by atomic mass is 10.0. The number of hydrogen-bond acceptors (Lipinski definition) is 2. The van der Waals surface area contributed by atoms with Gasteiger partial charge < -0.3 is 4.74 Å². The first-order valence-corrected chi connectivity index (χ1v) is 5.85. The van der Waals surface area contributed by atoms with Gasteiger partial charge in [-0.1, -0.05) is 49.4 Å². The molecular formula is C15H18O2. The first-order chi connectivity index (χ1) is 8.33. The summed E-state index contributed by atoms with van der Waals surface area (Å²) in [6.07, 6.45) is 1.11. The number of carbonyl (C=O) groups is 1. The van der Waals surface area contributed by atoms with Gasteiger partial charge in [-0.25, -0.2) is 0 Å². The molecule has 0 radical (unpaired) electrons. The second-order valence-corrected chi connectivity index (χ2v) is 3.54. The normalized spacial score (nSPS) is 9.29. The van der Waals surface area contributed by atoms with Gasteiger partial charge in [-0.05, 0) is 29.7 Å². The third kappa shape index (κ3) is 3.91. The van der Waals surface area contributed by atoms with Gasteiger partial charge in [-0.3, -0.25) is 4.79 Å². The van der Waals surface area contributed by atoms with Crippen molar-refractivity contribution >= 4 is 17.2 Å². The van der Waals surface area contributed by atoms with E-state index >= 15 is 0 Å². The van der Waals surface area contributed by atoms with Crippen LogP contribution >= 0.6 is 0 Å². The maximum Gasteiger partial charge on any atom is 0.293 e. The first kappa shape index (κ1) is 13.2. The van der Waals surface area contributed by atoms with Crippen molar-refractivity contribution in [3.05, 3.63) is 48.0 Å². The van der Waals surface area contributed by atoms with Crippen LogP contribution in [0.25, 0.3) is 10.8 Å². The van der Waals surface area contributed by atoms with Crippen LogP contribution in [0.15, 0.2) is 42.5 Å². The topological polar surface area (TPSA) is 26.3 Å². The van der Waals surface area contributed by atoms with Gasteiger partial charge in [0.1, 0.15) is 0 Å². The first-order valence-electron chi connectivity index (χ1n) is 5.85. The van der Waals surface area contributed by atoms with Crippen molar-refractivity contribution in [3.63, 3.8) is 0 Å². The second kappa shape index (κ2) is 7.44. The fraction of sp³-hybridized carbons (Fsp3) is 0.267. The van der Waals surface area contributed by atoms with E-state index in [2.05, 4.69) is 54.1 Å².